The number of alkyl halides is 2. The highest BCUT2D eigenvalue weighted by atomic mass is 19.3. The number of imide groups is 1. The van der Waals surface area contributed by atoms with E-state index >= 15 is 0 Å². The van der Waals surface area contributed by atoms with Crippen molar-refractivity contribution >= 4 is 41.7 Å². The molecule has 220 valence electrons. The van der Waals surface area contributed by atoms with Crippen LogP contribution >= 0.6 is 0 Å². The van der Waals surface area contributed by atoms with Crippen LogP contribution in [-0.4, -0.2) is 115 Å². The van der Waals surface area contributed by atoms with E-state index in [4.69, 9.17) is 0 Å². The Morgan fingerprint density at radius 2 is 1.83 bits per heavy atom. The van der Waals surface area contributed by atoms with Crippen LogP contribution in [0.2, 0.25) is 0 Å². The number of halogens is 2. The molecule has 2 saturated heterocycles. The zero-order valence-electron chi connectivity index (χ0n) is 23.0. The Morgan fingerprint density at radius 3 is 2.50 bits per heavy atom. The second-order valence-electron chi connectivity index (χ2n) is 10.8. The highest BCUT2D eigenvalue weighted by Gasteiger charge is 2.72. The maximum absolute atomic E-state index is 13.5. The van der Waals surface area contributed by atoms with Gasteiger partial charge in [-0.15, -0.1) is 0 Å². The zero-order chi connectivity index (χ0) is 29.9. The number of likely N-dealkylation sites (N-methyl/N-ethyl adjacent to an activating group) is 1. The van der Waals surface area contributed by atoms with E-state index in [9.17, 15) is 28.0 Å². The minimum Gasteiger partial charge on any atom is -0.340 e. The van der Waals surface area contributed by atoms with Gasteiger partial charge in [0.25, 0.3) is 11.8 Å². The Hall–Kier alpha value is -4.63. The fraction of sp³-hybridized carbons (Fsp3) is 0.500. The van der Waals surface area contributed by atoms with Crippen molar-refractivity contribution in [1.82, 2.24) is 34.6 Å². The molecule has 1 saturated carbocycles. The van der Waals surface area contributed by atoms with Gasteiger partial charge in [-0.1, -0.05) is 6.92 Å². The number of aliphatic imine (C=N–C) groups is 1. The number of fused-ring (bicyclic) bond motifs is 2. The Bertz CT molecular complexity index is 1470. The molecular formula is C26H28F2N10O4. The van der Waals surface area contributed by atoms with Gasteiger partial charge in [-0.25, -0.2) is 38.5 Å². The van der Waals surface area contributed by atoms with Gasteiger partial charge in [0, 0.05) is 45.1 Å². The van der Waals surface area contributed by atoms with Gasteiger partial charge in [0.15, 0.2) is 23.8 Å². The molecule has 3 fully saturated rings. The summed E-state index contributed by atoms with van der Waals surface area (Å²) < 4.78 is 27.0. The second-order valence-corrected chi connectivity index (χ2v) is 10.8. The summed E-state index contributed by atoms with van der Waals surface area (Å²) in [5.41, 5.74) is 0.467. The molecule has 0 spiro atoms. The number of ketones is 1. The van der Waals surface area contributed by atoms with Crippen LogP contribution in [0.3, 0.4) is 0 Å². The van der Waals surface area contributed by atoms with E-state index < -0.39 is 53.9 Å². The number of aromatic nitrogens is 4. The third-order valence-electron chi connectivity index (χ3n) is 8.25. The quantitative estimate of drug-likeness (QED) is 0.474. The predicted molar refractivity (Wildman–Crippen MR) is 143 cm³/mol. The van der Waals surface area contributed by atoms with E-state index in [1.807, 2.05) is 0 Å². The Morgan fingerprint density at radius 1 is 1.14 bits per heavy atom. The van der Waals surface area contributed by atoms with Gasteiger partial charge < -0.3 is 20.0 Å². The number of Topliss-reactive ketones (excluding diaryl/α,β-unsaturated/α-hetero) is 1. The third kappa shape index (κ3) is 4.50. The average molecular weight is 583 g/mol. The van der Waals surface area contributed by atoms with Gasteiger partial charge in [-0.05, 0) is 13.0 Å². The summed E-state index contributed by atoms with van der Waals surface area (Å²) in [7, 11) is 1.49. The summed E-state index contributed by atoms with van der Waals surface area (Å²) in [6.45, 7) is 3.31. The number of nitrogens with zero attached hydrogens (tertiary/aromatic N) is 9. The van der Waals surface area contributed by atoms with Crippen LogP contribution in [0.5, 0.6) is 0 Å². The fourth-order valence-electron chi connectivity index (χ4n) is 5.56. The number of hydrogen-bond donors (Lipinski definition) is 1. The monoisotopic (exact) mass is 582 g/mol. The molecule has 16 heteroatoms. The SMILES string of the molecule is CCC(=O)CN1C(=O)C2C(N=CN2[C@@H](C)C(=O)Nc2ccnc(-c3cnc(N4CC5C(C4)C5(F)F)nc3)n2)N(C)C1=O. The standard InChI is InChI=1S/C26H28F2N10O4/c1-4-15(39)9-37-23(41)19-21(35(3)25(37)42)32-12-38(19)13(2)22(40)34-18-5-6-29-20(33-18)14-7-30-24(31-8-14)36-10-16-17(11-36)26(16,27)28/h5-8,12-13,16-17,19,21H,4,9-11H2,1-3H3,(H,29,33,34,40)/t13-,16?,17?,19?,21?/m0/s1. The Kier molecular flexibility index (Phi) is 6.57. The summed E-state index contributed by atoms with van der Waals surface area (Å²) in [5.74, 6) is -4.46. The number of piperidine rings is 1. The number of rotatable bonds is 8. The molecule has 14 nitrogen and oxygen atoms in total. The molecule has 0 radical (unpaired) electrons. The first-order chi connectivity index (χ1) is 20.0. The Balaban J connectivity index is 1.12. The molecule has 4 unspecified atom stereocenters. The zero-order valence-corrected chi connectivity index (χ0v) is 23.0. The number of amides is 4. The maximum Gasteiger partial charge on any atom is 0.328 e. The van der Waals surface area contributed by atoms with Gasteiger partial charge in [0.1, 0.15) is 11.9 Å². The first-order valence-electron chi connectivity index (χ1n) is 13.5. The minimum atomic E-state index is -2.59. The van der Waals surface area contributed by atoms with Crippen LogP contribution in [0.15, 0.2) is 29.6 Å². The Labute approximate surface area is 238 Å². The van der Waals surface area contributed by atoms with Crippen molar-refractivity contribution in [3.63, 3.8) is 0 Å². The number of hydrogen-bond acceptors (Lipinski definition) is 11. The molecule has 42 heavy (non-hydrogen) atoms. The maximum atomic E-state index is 13.5. The topological polar surface area (TPSA) is 157 Å². The van der Waals surface area contributed by atoms with Crippen molar-refractivity contribution in [1.29, 1.82) is 0 Å². The molecule has 1 aliphatic carbocycles. The molecule has 1 N–H and O–H groups in total. The lowest BCUT2D eigenvalue weighted by Gasteiger charge is -2.42. The highest BCUT2D eigenvalue weighted by molar-refractivity contribution is 6.05. The fourth-order valence-corrected chi connectivity index (χ4v) is 5.56. The molecule has 4 aliphatic rings. The van der Waals surface area contributed by atoms with Crippen LogP contribution in [0, 0.1) is 11.8 Å². The molecule has 2 aromatic rings. The number of anilines is 2. The molecule has 2 aromatic heterocycles. The third-order valence-corrected chi connectivity index (χ3v) is 8.25. The van der Waals surface area contributed by atoms with Gasteiger partial charge in [0.05, 0.1) is 30.3 Å². The summed E-state index contributed by atoms with van der Waals surface area (Å²) in [4.78, 5) is 78.1. The molecule has 0 aromatic carbocycles. The largest absolute Gasteiger partial charge is 0.340 e. The smallest absolute Gasteiger partial charge is 0.328 e. The van der Waals surface area contributed by atoms with Crippen molar-refractivity contribution in [3.8, 4) is 11.4 Å². The van der Waals surface area contributed by atoms with E-state index in [2.05, 4.69) is 30.2 Å². The van der Waals surface area contributed by atoms with Crippen LogP contribution < -0.4 is 10.2 Å². The molecule has 3 aliphatic heterocycles. The first-order valence-corrected chi connectivity index (χ1v) is 13.5. The van der Waals surface area contributed by atoms with E-state index in [-0.39, 0.29) is 43.5 Å². The first kappa shape index (κ1) is 27.5. The van der Waals surface area contributed by atoms with Gasteiger partial charge in [0.2, 0.25) is 11.9 Å². The van der Waals surface area contributed by atoms with Crippen LogP contribution in [0.1, 0.15) is 20.3 Å². The van der Waals surface area contributed by atoms with Gasteiger partial charge >= 0.3 is 6.03 Å². The summed E-state index contributed by atoms with van der Waals surface area (Å²) >= 11 is 0. The van der Waals surface area contributed by atoms with Crippen molar-refractivity contribution in [2.75, 3.05) is 36.9 Å². The molecule has 4 amide bonds. The average Bonchev–Trinajstić information content (AvgIpc) is 3.41. The van der Waals surface area contributed by atoms with Crippen LogP contribution in [0.4, 0.5) is 25.3 Å². The lowest BCUT2D eigenvalue weighted by atomic mass is 10.1. The molecule has 6 rings (SSSR count). The summed E-state index contributed by atoms with van der Waals surface area (Å²) in [6.07, 6.45) is 5.15. The number of carbonyl (C=O) groups is 4. The predicted octanol–water partition coefficient (Wildman–Crippen LogP) is 0.874. The number of nitrogens with one attached hydrogen (secondary N) is 1. The number of urea groups is 1. The van der Waals surface area contributed by atoms with Crippen molar-refractivity contribution in [2.24, 2.45) is 16.8 Å². The summed E-state index contributed by atoms with van der Waals surface area (Å²) in [6, 6.07) is -0.985. The normalized spacial score (nSPS) is 26.3. The van der Waals surface area contributed by atoms with E-state index in [0.29, 0.717) is 11.5 Å². The van der Waals surface area contributed by atoms with Gasteiger partial charge in [-0.3, -0.25) is 19.3 Å². The van der Waals surface area contributed by atoms with E-state index in [1.165, 1.54) is 47.8 Å². The minimum absolute atomic E-state index is 0.172. The molecule has 0 bridgehead atoms. The lowest BCUT2D eigenvalue weighted by molar-refractivity contribution is -0.141. The lowest BCUT2D eigenvalue weighted by Crippen LogP contribution is -2.66. The van der Waals surface area contributed by atoms with Gasteiger partial charge in [-0.2, -0.15) is 0 Å². The van der Waals surface area contributed by atoms with Crippen molar-refractivity contribution < 1.29 is 28.0 Å². The molecule has 5 atom stereocenters. The van der Waals surface area contributed by atoms with E-state index in [0.717, 1.165) is 4.90 Å². The molecule has 5 heterocycles. The van der Waals surface area contributed by atoms with E-state index in [1.54, 1.807) is 18.7 Å². The number of carbonyl (C=O) groups excluding carboxylic acids is 4. The molecular weight excluding hydrogens is 554 g/mol. The van der Waals surface area contributed by atoms with Crippen LogP contribution in [-0.2, 0) is 14.4 Å². The van der Waals surface area contributed by atoms with Crippen LogP contribution in [0.25, 0.3) is 11.4 Å². The highest BCUT2D eigenvalue weighted by Crippen LogP contribution is 2.59. The summed E-state index contributed by atoms with van der Waals surface area (Å²) in [5, 5.41) is 2.71. The van der Waals surface area contributed by atoms with Crippen molar-refractivity contribution in [2.45, 2.75) is 44.4 Å². The second kappa shape index (κ2) is 10.0. The van der Waals surface area contributed by atoms with Crippen molar-refractivity contribution in [3.05, 3.63) is 24.7 Å².